The molecule has 5 nitrogen and oxygen atoms in total. The van der Waals surface area contributed by atoms with E-state index >= 15 is 0 Å². The number of amides is 1. The van der Waals surface area contributed by atoms with E-state index in [1.165, 1.54) is 0 Å². The molecule has 1 N–H and O–H groups in total. The van der Waals surface area contributed by atoms with Crippen LogP contribution >= 0.6 is 0 Å². The van der Waals surface area contributed by atoms with Crippen LogP contribution in [0.2, 0.25) is 0 Å². The summed E-state index contributed by atoms with van der Waals surface area (Å²) in [5, 5.41) is 9.48. The van der Waals surface area contributed by atoms with Gasteiger partial charge < -0.3 is 10.0 Å². The summed E-state index contributed by atoms with van der Waals surface area (Å²) in [6.07, 6.45) is 6.04. The lowest BCUT2D eigenvalue weighted by Crippen LogP contribution is -2.56. The van der Waals surface area contributed by atoms with Gasteiger partial charge in [0, 0.05) is 25.4 Å². The first-order valence-corrected chi connectivity index (χ1v) is 7.33. The van der Waals surface area contributed by atoms with Gasteiger partial charge in [-0.2, -0.15) is 0 Å². The Morgan fingerprint density at radius 3 is 2.67 bits per heavy atom. The Bertz CT molecular complexity index is 514. The molecule has 2 rings (SSSR count). The van der Waals surface area contributed by atoms with Gasteiger partial charge in [0.25, 0.3) is 0 Å². The molecule has 0 spiro atoms. The number of carboxylic acids is 1. The van der Waals surface area contributed by atoms with Gasteiger partial charge >= 0.3 is 5.97 Å². The zero-order chi connectivity index (χ0) is 15.5. The molecule has 1 fully saturated rings. The van der Waals surface area contributed by atoms with Crippen LogP contribution < -0.4 is 0 Å². The summed E-state index contributed by atoms with van der Waals surface area (Å²) < 4.78 is 0. The number of carbonyl (C=O) groups excluding carboxylic acids is 1. The monoisotopic (exact) mass is 290 g/mol. The molecule has 0 aliphatic carbocycles. The predicted molar refractivity (Wildman–Crippen MR) is 78.7 cm³/mol. The zero-order valence-corrected chi connectivity index (χ0v) is 12.6. The second-order valence-corrected chi connectivity index (χ2v) is 6.28. The highest BCUT2D eigenvalue weighted by Crippen LogP contribution is 2.35. The average Bonchev–Trinajstić information content (AvgIpc) is 2.44. The Balaban J connectivity index is 2.04. The number of pyridine rings is 1. The van der Waals surface area contributed by atoms with E-state index in [2.05, 4.69) is 4.98 Å². The molecule has 0 aromatic carbocycles. The first-order valence-electron chi connectivity index (χ1n) is 7.33. The molecule has 1 unspecified atom stereocenters. The molecule has 0 radical (unpaired) electrons. The fraction of sp³-hybridized carbons (Fsp3) is 0.562. The maximum atomic E-state index is 12.4. The van der Waals surface area contributed by atoms with E-state index in [1.54, 1.807) is 17.3 Å². The van der Waals surface area contributed by atoms with Crippen molar-refractivity contribution in [2.45, 2.75) is 45.6 Å². The number of aromatic nitrogens is 1. The second-order valence-electron chi connectivity index (χ2n) is 6.28. The fourth-order valence-corrected chi connectivity index (χ4v) is 3.07. The topological polar surface area (TPSA) is 70.5 Å². The lowest BCUT2D eigenvalue weighted by molar-refractivity contribution is -0.158. The molecule has 1 saturated heterocycles. The number of piperidine rings is 1. The van der Waals surface area contributed by atoms with Crippen molar-refractivity contribution in [3.05, 3.63) is 30.1 Å². The number of nitrogens with zero attached hydrogens (tertiary/aromatic N) is 2. The van der Waals surface area contributed by atoms with E-state index in [4.69, 9.17) is 0 Å². The summed E-state index contributed by atoms with van der Waals surface area (Å²) in [6, 6.07) is 3.03. The van der Waals surface area contributed by atoms with E-state index in [-0.39, 0.29) is 11.3 Å². The van der Waals surface area contributed by atoms with Gasteiger partial charge in [-0.15, -0.1) is 0 Å². The number of hydrogen-bond acceptors (Lipinski definition) is 3. The largest absolute Gasteiger partial charge is 0.480 e. The van der Waals surface area contributed by atoms with E-state index in [9.17, 15) is 14.7 Å². The second kappa shape index (κ2) is 6.24. The SMILES string of the molecule is CC1(C)CCCN(C(=O)CCc2ccncc2)C1C(=O)O. The van der Waals surface area contributed by atoms with Crippen LogP contribution in [-0.2, 0) is 16.0 Å². The van der Waals surface area contributed by atoms with Gasteiger partial charge in [0.2, 0.25) is 5.91 Å². The molecule has 1 amide bonds. The number of rotatable bonds is 4. The van der Waals surface area contributed by atoms with Crippen LogP contribution in [0.1, 0.15) is 38.7 Å². The van der Waals surface area contributed by atoms with Crippen LogP contribution in [0.5, 0.6) is 0 Å². The third kappa shape index (κ3) is 3.60. The molecule has 1 aliphatic rings. The Morgan fingerprint density at radius 2 is 2.05 bits per heavy atom. The number of likely N-dealkylation sites (tertiary alicyclic amines) is 1. The standard InChI is InChI=1S/C16H22N2O3/c1-16(2)8-3-11-18(14(16)15(20)21)13(19)5-4-12-6-9-17-10-7-12/h6-7,9-10,14H,3-5,8,11H2,1-2H3,(H,20,21). The molecule has 5 heteroatoms. The summed E-state index contributed by atoms with van der Waals surface area (Å²) in [6.45, 7) is 4.39. The summed E-state index contributed by atoms with van der Waals surface area (Å²) >= 11 is 0. The summed E-state index contributed by atoms with van der Waals surface area (Å²) in [4.78, 5) is 29.5. The average molecular weight is 290 g/mol. The van der Waals surface area contributed by atoms with E-state index < -0.39 is 12.0 Å². The molecule has 0 saturated carbocycles. The Kier molecular flexibility index (Phi) is 4.60. The maximum absolute atomic E-state index is 12.4. The van der Waals surface area contributed by atoms with E-state index in [0.29, 0.717) is 19.4 Å². The first-order chi connectivity index (χ1) is 9.92. The Hall–Kier alpha value is -1.91. The summed E-state index contributed by atoms with van der Waals surface area (Å²) in [5.74, 6) is -0.982. The highest BCUT2D eigenvalue weighted by Gasteiger charge is 2.44. The van der Waals surface area contributed by atoms with Gasteiger partial charge in [-0.05, 0) is 42.4 Å². The van der Waals surface area contributed by atoms with Crippen LogP contribution in [-0.4, -0.2) is 39.5 Å². The number of hydrogen-bond donors (Lipinski definition) is 1. The smallest absolute Gasteiger partial charge is 0.326 e. The highest BCUT2D eigenvalue weighted by atomic mass is 16.4. The molecule has 1 aliphatic heterocycles. The van der Waals surface area contributed by atoms with Crippen LogP contribution in [0.3, 0.4) is 0 Å². The van der Waals surface area contributed by atoms with Gasteiger partial charge in [-0.3, -0.25) is 9.78 Å². The van der Waals surface area contributed by atoms with Crippen molar-refractivity contribution in [1.29, 1.82) is 0 Å². The molecule has 21 heavy (non-hydrogen) atoms. The molecule has 2 heterocycles. The van der Waals surface area contributed by atoms with Crippen molar-refractivity contribution in [2.75, 3.05) is 6.54 Å². The summed E-state index contributed by atoms with van der Waals surface area (Å²) in [5.41, 5.74) is 0.664. The van der Waals surface area contributed by atoms with E-state index in [1.807, 2.05) is 26.0 Å². The van der Waals surface area contributed by atoms with Crippen molar-refractivity contribution in [3.8, 4) is 0 Å². The van der Waals surface area contributed by atoms with Gasteiger partial charge in [-0.25, -0.2) is 4.79 Å². The van der Waals surface area contributed by atoms with Gasteiger partial charge in [0.05, 0.1) is 0 Å². The third-order valence-electron chi connectivity index (χ3n) is 4.20. The van der Waals surface area contributed by atoms with Crippen molar-refractivity contribution in [3.63, 3.8) is 0 Å². The van der Waals surface area contributed by atoms with Gasteiger partial charge in [-0.1, -0.05) is 13.8 Å². The summed E-state index contributed by atoms with van der Waals surface area (Å²) in [7, 11) is 0. The van der Waals surface area contributed by atoms with Crippen LogP contribution in [0, 0.1) is 5.41 Å². The Morgan fingerprint density at radius 1 is 1.38 bits per heavy atom. The van der Waals surface area contributed by atoms with Crippen molar-refractivity contribution < 1.29 is 14.7 Å². The first kappa shape index (κ1) is 15.5. The van der Waals surface area contributed by atoms with Crippen LogP contribution in [0.25, 0.3) is 0 Å². The number of aryl methyl sites for hydroxylation is 1. The lowest BCUT2D eigenvalue weighted by Gasteiger charge is -2.44. The molecular weight excluding hydrogens is 268 g/mol. The van der Waals surface area contributed by atoms with E-state index in [0.717, 1.165) is 18.4 Å². The minimum absolute atomic E-state index is 0.0769. The Labute approximate surface area is 125 Å². The number of carboxylic acid groups (broad SMARTS) is 1. The molecule has 1 aromatic rings. The molecule has 0 bridgehead atoms. The zero-order valence-electron chi connectivity index (χ0n) is 12.6. The minimum atomic E-state index is -0.906. The van der Waals surface area contributed by atoms with Gasteiger partial charge in [0.1, 0.15) is 6.04 Å². The molecular formula is C16H22N2O3. The molecule has 114 valence electrons. The quantitative estimate of drug-likeness (QED) is 0.922. The minimum Gasteiger partial charge on any atom is -0.480 e. The highest BCUT2D eigenvalue weighted by molar-refractivity contribution is 5.84. The fourth-order valence-electron chi connectivity index (χ4n) is 3.07. The van der Waals surface area contributed by atoms with Crippen LogP contribution in [0.4, 0.5) is 0 Å². The lowest BCUT2D eigenvalue weighted by atomic mass is 9.76. The van der Waals surface area contributed by atoms with Crippen molar-refractivity contribution in [2.24, 2.45) is 5.41 Å². The third-order valence-corrected chi connectivity index (χ3v) is 4.20. The van der Waals surface area contributed by atoms with Crippen LogP contribution in [0.15, 0.2) is 24.5 Å². The maximum Gasteiger partial charge on any atom is 0.326 e. The van der Waals surface area contributed by atoms with Crippen molar-refractivity contribution >= 4 is 11.9 Å². The molecule has 1 aromatic heterocycles. The normalized spacial score (nSPS) is 21.0. The number of aliphatic carboxylic acids is 1. The number of carbonyl (C=O) groups is 2. The van der Waals surface area contributed by atoms with Gasteiger partial charge in [0.15, 0.2) is 0 Å². The van der Waals surface area contributed by atoms with Crippen molar-refractivity contribution in [1.82, 2.24) is 9.88 Å². The predicted octanol–water partition coefficient (Wildman–Crippen LogP) is 2.12. The molecule has 1 atom stereocenters.